The number of aromatic nitrogens is 2. The minimum Gasteiger partial charge on any atom is -0.379 e. The first-order chi connectivity index (χ1) is 7.79. The van der Waals surface area contributed by atoms with Crippen LogP contribution in [0, 0.1) is 6.92 Å². The molecule has 2 rings (SSSR count). The average molecular weight is 223 g/mol. The van der Waals surface area contributed by atoms with Crippen LogP contribution in [0.25, 0.3) is 0 Å². The predicted molar refractivity (Wildman–Crippen MR) is 64.7 cm³/mol. The molecule has 1 saturated heterocycles. The van der Waals surface area contributed by atoms with Gasteiger partial charge in [0.1, 0.15) is 0 Å². The van der Waals surface area contributed by atoms with Crippen LogP contribution in [0.3, 0.4) is 0 Å². The molecule has 1 aliphatic heterocycles. The van der Waals surface area contributed by atoms with Gasteiger partial charge in [0.25, 0.3) is 0 Å². The second kappa shape index (κ2) is 5.34. The Hall–Kier alpha value is -1.03. The van der Waals surface area contributed by atoms with Gasteiger partial charge >= 0.3 is 0 Å². The van der Waals surface area contributed by atoms with Gasteiger partial charge in [0, 0.05) is 19.3 Å². The van der Waals surface area contributed by atoms with Crippen molar-refractivity contribution < 1.29 is 4.74 Å². The van der Waals surface area contributed by atoms with Crippen LogP contribution in [-0.2, 0) is 11.3 Å². The molecule has 2 heterocycles. The van der Waals surface area contributed by atoms with Crippen molar-refractivity contribution in [3.05, 3.63) is 11.9 Å². The van der Waals surface area contributed by atoms with Crippen LogP contribution in [0.2, 0.25) is 0 Å². The highest BCUT2D eigenvalue weighted by atomic mass is 16.5. The van der Waals surface area contributed by atoms with E-state index in [-0.39, 0.29) is 0 Å². The number of aryl methyl sites for hydroxylation is 2. The topological polar surface area (TPSA) is 39.1 Å². The van der Waals surface area contributed by atoms with Gasteiger partial charge in [-0.15, -0.1) is 0 Å². The molecule has 4 heteroatoms. The molecule has 0 bridgehead atoms. The Morgan fingerprint density at radius 3 is 3.19 bits per heavy atom. The van der Waals surface area contributed by atoms with Crippen LogP contribution in [0.5, 0.6) is 0 Å². The van der Waals surface area contributed by atoms with E-state index in [9.17, 15) is 0 Å². The number of ether oxygens (including phenoxy) is 1. The summed E-state index contributed by atoms with van der Waals surface area (Å²) in [7, 11) is 0. The van der Waals surface area contributed by atoms with Crippen LogP contribution >= 0.6 is 0 Å². The molecule has 0 amide bonds. The third kappa shape index (κ3) is 2.76. The molecule has 16 heavy (non-hydrogen) atoms. The zero-order chi connectivity index (χ0) is 11.4. The molecule has 0 saturated carbocycles. The number of imidazole rings is 1. The van der Waals surface area contributed by atoms with Gasteiger partial charge < -0.3 is 14.6 Å². The highest BCUT2D eigenvalue weighted by Crippen LogP contribution is 2.14. The average Bonchev–Trinajstić information content (AvgIpc) is 2.86. The van der Waals surface area contributed by atoms with E-state index in [2.05, 4.69) is 28.0 Å². The zero-order valence-corrected chi connectivity index (χ0v) is 10.2. The summed E-state index contributed by atoms with van der Waals surface area (Å²) in [6.07, 6.45) is 5.61. The van der Waals surface area contributed by atoms with E-state index in [0.29, 0.717) is 6.04 Å². The summed E-state index contributed by atoms with van der Waals surface area (Å²) in [4.78, 5) is 4.52. The highest BCUT2D eigenvalue weighted by Gasteiger charge is 2.17. The summed E-state index contributed by atoms with van der Waals surface area (Å²) >= 11 is 0. The molecule has 1 aromatic rings. The molecule has 4 nitrogen and oxygen atoms in total. The zero-order valence-electron chi connectivity index (χ0n) is 10.2. The maximum absolute atomic E-state index is 5.36. The van der Waals surface area contributed by atoms with Crippen molar-refractivity contribution >= 4 is 5.95 Å². The van der Waals surface area contributed by atoms with Crippen molar-refractivity contribution in [2.45, 2.75) is 45.7 Å². The molecule has 1 atom stereocenters. The van der Waals surface area contributed by atoms with Gasteiger partial charge in [0.05, 0.1) is 18.3 Å². The number of nitrogens with one attached hydrogen (secondary N) is 1. The smallest absolute Gasteiger partial charge is 0.203 e. The monoisotopic (exact) mass is 223 g/mol. The van der Waals surface area contributed by atoms with Gasteiger partial charge in [0.2, 0.25) is 5.95 Å². The van der Waals surface area contributed by atoms with Crippen molar-refractivity contribution in [3.63, 3.8) is 0 Å². The van der Waals surface area contributed by atoms with E-state index in [0.717, 1.165) is 37.8 Å². The Morgan fingerprint density at radius 1 is 1.62 bits per heavy atom. The fourth-order valence-electron chi connectivity index (χ4n) is 1.99. The standard InChI is InChI=1S/C12H21N3O/c1-3-4-6-15-8-10(2)13-12(15)14-11-5-7-16-9-11/h8,11H,3-7,9H2,1-2H3,(H,13,14). The van der Waals surface area contributed by atoms with E-state index in [1.165, 1.54) is 12.8 Å². The Bertz CT molecular complexity index is 329. The first-order valence-corrected chi connectivity index (χ1v) is 6.17. The maximum Gasteiger partial charge on any atom is 0.203 e. The first-order valence-electron chi connectivity index (χ1n) is 6.17. The molecule has 0 spiro atoms. The summed E-state index contributed by atoms with van der Waals surface area (Å²) in [5.74, 6) is 1.00. The van der Waals surface area contributed by atoms with Crippen molar-refractivity contribution in [1.82, 2.24) is 9.55 Å². The fraction of sp³-hybridized carbons (Fsp3) is 0.750. The molecule has 0 aromatic carbocycles. The van der Waals surface area contributed by atoms with Crippen LogP contribution in [-0.4, -0.2) is 28.8 Å². The lowest BCUT2D eigenvalue weighted by atomic mass is 10.3. The molecular weight excluding hydrogens is 202 g/mol. The van der Waals surface area contributed by atoms with Crippen LogP contribution in [0.4, 0.5) is 5.95 Å². The van der Waals surface area contributed by atoms with E-state index in [1.54, 1.807) is 0 Å². The summed E-state index contributed by atoms with van der Waals surface area (Å²) < 4.78 is 7.58. The third-order valence-corrected chi connectivity index (χ3v) is 2.91. The Kier molecular flexibility index (Phi) is 3.83. The lowest BCUT2D eigenvalue weighted by Gasteiger charge is -2.13. The molecule has 1 aromatic heterocycles. The summed E-state index contributed by atoms with van der Waals surface area (Å²) in [5.41, 5.74) is 1.08. The lowest BCUT2D eigenvalue weighted by molar-refractivity contribution is 0.195. The molecule has 0 aliphatic carbocycles. The van der Waals surface area contributed by atoms with Crippen LogP contribution in [0.1, 0.15) is 31.9 Å². The Balaban J connectivity index is 2.00. The molecule has 1 aliphatic rings. The van der Waals surface area contributed by atoms with Crippen molar-refractivity contribution in [3.8, 4) is 0 Å². The summed E-state index contributed by atoms with van der Waals surface area (Å²) in [6, 6.07) is 0.433. The van der Waals surface area contributed by atoms with E-state index in [1.807, 2.05) is 6.92 Å². The lowest BCUT2D eigenvalue weighted by Crippen LogP contribution is -2.21. The normalized spacial score (nSPS) is 20.2. The molecule has 0 radical (unpaired) electrons. The SMILES string of the molecule is CCCCn1cc(C)nc1NC1CCOC1. The summed E-state index contributed by atoms with van der Waals surface area (Å²) in [6.45, 7) is 6.97. The Labute approximate surface area is 97.0 Å². The van der Waals surface area contributed by atoms with Gasteiger partial charge in [-0.3, -0.25) is 0 Å². The maximum atomic E-state index is 5.36. The number of rotatable bonds is 5. The minimum atomic E-state index is 0.433. The molecule has 90 valence electrons. The van der Waals surface area contributed by atoms with Gasteiger partial charge in [-0.25, -0.2) is 4.98 Å². The third-order valence-electron chi connectivity index (χ3n) is 2.91. The second-order valence-electron chi connectivity index (χ2n) is 4.46. The fourth-order valence-corrected chi connectivity index (χ4v) is 1.99. The van der Waals surface area contributed by atoms with Crippen molar-refractivity contribution in [1.29, 1.82) is 0 Å². The highest BCUT2D eigenvalue weighted by molar-refractivity contribution is 5.30. The second-order valence-corrected chi connectivity index (χ2v) is 4.46. The van der Waals surface area contributed by atoms with Gasteiger partial charge in [-0.2, -0.15) is 0 Å². The van der Waals surface area contributed by atoms with Crippen molar-refractivity contribution in [2.75, 3.05) is 18.5 Å². The number of anilines is 1. The Morgan fingerprint density at radius 2 is 2.50 bits per heavy atom. The number of hydrogen-bond acceptors (Lipinski definition) is 3. The first kappa shape index (κ1) is 11.5. The van der Waals surface area contributed by atoms with Crippen molar-refractivity contribution in [2.24, 2.45) is 0 Å². The summed E-state index contributed by atoms with van der Waals surface area (Å²) in [5, 5.41) is 3.47. The van der Waals surface area contributed by atoms with Crippen LogP contribution in [0.15, 0.2) is 6.20 Å². The molecule has 1 N–H and O–H groups in total. The van der Waals surface area contributed by atoms with E-state index in [4.69, 9.17) is 4.74 Å². The van der Waals surface area contributed by atoms with E-state index >= 15 is 0 Å². The largest absolute Gasteiger partial charge is 0.379 e. The molecule has 1 unspecified atom stereocenters. The quantitative estimate of drug-likeness (QED) is 0.831. The number of unbranched alkanes of at least 4 members (excludes halogenated alkanes) is 1. The number of hydrogen-bond donors (Lipinski definition) is 1. The molecule has 1 fully saturated rings. The van der Waals surface area contributed by atoms with Crippen LogP contribution < -0.4 is 5.32 Å². The van der Waals surface area contributed by atoms with Gasteiger partial charge in [-0.05, 0) is 19.8 Å². The van der Waals surface area contributed by atoms with E-state index < -0.39 is 0 Å². The predicted octanol–water partition coefficient (Wildman–Crippen LogP) is 2.19. The van der Waals surface area contributed by atoms with Gasteiger partial charge in [0.15, 0.2) is 0 Å². The minimum absolute atomic E-state index is 0.433. The number of nitrogens with zero attached hydrogens (tertiary/aromatic N) is 2. The molecular formula is C12H21N3O. The van der Waals surface area contributed by atoms with Gasteiger partial charge in [-0.1, -0.05) is 13.3 Å².